The third-order valence-electron chi connectivity index (χ3n) is 9.51. The topological polar surface area (TPSA) is 314 Å². The van der Waals surface area contributed by atoms with Crippen LogP contribution < -0.4 is 22.6 Å². The van der Waals surface area contributed by atoms with Crippen molar-refractivity contribution in [3.8, 4) is 0 Å². The van der Waals surface area contributed by atoms with Crippen molar-refractivity contribution in [2.45, 2.75) is 49.1 Å². The Hall–Kier alpha value is -7.57. The molecule has 334 valence electrons. The van der Waals surface area contributed by atoms with Crippen LogP contribution in [0.1, 0.15) is 64.5 Å². The van der Waals surface area contributed by atoms with Crippen LogP contribution in [0.5, 0.6) is 0 Å². The second kappa shape index (κ2) is 20.1. The van der Waals surface area contributed by atoms with Crippen molar-refractivity contribution in [3.63, 3.8) is 0 Å². The molecule has 21 nitrogen and oxygen atoms in total. The van der Waals surface area contributed by atoms with Crippen LogP contribution >= 0.6 is 0 Å². The van der Waals surface area contributed by atoms with Gasteiger partial charge in [0, 0.05) is 0 Å². The molecule has 2 saturated heterocycles. The normalized spacial score (nSPS) is 22.4. The zero-order valence-corrected chi connectivity index (χ0v) is 32.8. The van der Waals surface area contributed by atoms with Crippen molar-refractivity contribution >= 4 is 29.7 Å². The average Bonchev–Trinajstić information content (AvgIpc) is 3.78. The van der Waals surface area contributed by atoms with Gasteiger partial charge in [0.1, 0.15) is 31.0 Å². The third-order valence-corrected chi connectivity index (χ3v) is 9.51. The molecule has 2 fully saturated rings. The van der Waals surface area contributed by atoms with Crippen molar-refractivity contribution in [1.82, 2.24) is 19.1 Å². The van der Waals surface area contributed by atoms with Crippen LogP contribution in [-0.4, -0.2) is 114 Å². The molecule has 0 spiro atoms. The van der Waals surface area contributed by atoms with Gasteiger partial charge >= 0.3 is 17.9 Å². The SMILES string of the molecule is NC(=O)c1nc(F)cn([C@@H]2O[C@H](CO)[C@@H](O)[C@H]2O)c1=O.NC(=O)c1nc(F)cn([C@@H]2O[C@H](COC(=O)c3ccccc3)[C@@H](OC(=O)c3ccccc3)C2OC(=O)c2ccccc2)c1=O. The summed E-state index contributed by atoms with van der Waals surface area (Å²) >= 11 is 0. The molecular formula is C41H36F2N6O15. The van der Waals surface area contributed by atoms with Crippen LogP contribution in [0.25, 0.3) is 0 Å². The Morgan fingerprint density at radius 1 is 0.609 bits per heavy atom. The number of amides is 2. The monoisotopic (exact) mass is 890 g/mol. The van der Waals surface area contributed by atoms with E-state index in [0.29, 0.717) is 21.5 Å². The third kappa shape index (κ3) is 10.2. The summed E-state index contributed by atoms with van der Waals surface area (Å²) < 4.78 is 57.0. The molecule has 64 heavy (non-hydrogen) atoms. The smallest absolute Gasteiger partial charge is 0.338 e. The van der Waals surface area contributed by atoms with Gasteiger partial charge in [-0.25, -0.2) is 24.4 Å². The molecule has 3 aromatic carbocycles. The van der Waals surface area contributed by atoms with E-state index in [0.717, 1.165) is 0 Å². The van der Waals surface area contributed by atoms with Crippen LogP contribution in [0, 0.1) is 11.9 Å². The molecule has 2 aliphatic rings. The lowest BCUT2D eigenvalue weighted by Crippen LogP contribution is -2.43. The Morgan fingerprint density at radius 3 is 1.44 bits per heavy atom. The van der Waals surface area contributed by atoms with Gasteiger partial charge in [0.05, 0.1) is 35.7 Å². The molecule has 0 radical (unpaired) electrons. The molecule has 2 aliphatic heterocycles. The number of carbonyl (C=O) groups excluding carboxylic acids is 5. The van der Waals surface area contributed by atoms with E-state index in [1.807, 2.05) is 0 Å². The summed E-state index contributed by atoms with van der Waals surface area (Å²) in [6.07, 6.45) is -10.6. The van der Waals surface area contributed by atoms with Crippen LogP contribution in [0.3, 0.4) is 0 Å². The predicted molar refractivity (Wildman–Crippen MR) is 209 cm³/mol. The van der Waals surface area contributed by atoms with E-state index < -0.39 is 126 Å². The first-order valence-electron chi connectivity index (χ1n) is 18.8. The predicted octanol–water partition coefficient (Wildman–Crippen LogP) is -0.220. The van der Waals surface area contributed by atoms with Crippen molar-refractivity contribution in [2.24, 2.45) is 11.5 Å². The quantitative estimate of drug-likeness (QED) is 0.0799. The van der Waals surface area contributed by atoms with E-state index in [9.17, 15) is 52.6 Å². The zero-order valence-electron chi connectivity index (χ0n) is 32.8. The maximum Gasteiger partial charge on any atom is 0.338 e. The Kier molecular flexibility index (Phi) is 14.4. The van der Waals surface area contributed by atoms with Crippen LogP contribution in [0.2, 0.25) is 0 Å². The van der Waals surface area contributed by atoms with Crippen molar-refractivity contribution in [1.29, 1.82) is 0 Å². The van der Waals surface area contributed by atoms with Gasteiger partial charge in [-0.1, -0.05) is 54.6 Å². The number of nitrogens with zero attached hydrogens (tertiary/aromatic N) is 4. The summed E-state index contributed by atoms with van der Waals surface area (Å²) in [5.41, 5.74) is 6.52. The van der Waals surface area contributed by atoms with Crippen LogP contribution in [0.15, 0.2) is 113 Å². The number of ether oxygens (including phenoxy) is 5. The lowest BCUT2D eigenvalue weighted by atomic mass is 10.1. The van der Waals surface area contributed by atoms with Gasteiger partial charge in [0.25, 0.3) is 22.9 Å². The van der Waals surface area contributed by atoms with E-state index in [2.05, 4.69) is 9.97 Å². The summed E-state index contributed by atoms with van der Waals surface area (Å²) in [5.74, 6) is -7.51. The number of aromatic nitrogens is 4. The summed E-state index contributed by atoms with van der Waals surface area (Å²) in [6.45, 7) is -1.15. The fraction of sp³-hybridized carbons (Fsp3) is 0.244. The molecule has 1 unspecified atom stereocenters. The molecule has 0 aliphatic carbocycles. The minimum absolute atomic E-state index is 0.101. The number of halogens is 2. The number of aliphatic hydroxyl groups is 3. The van der Waals surface area contributed by atoms with E-state index in [4.69, 9.17) is 40.3 Å². The minimum atomic E-state index is -1.68. The van der Waals surface area contributed by atoms with E-state index in [-0.39, 0.29) is 16.7 Å². The lowest BCUT2D eigenvalue weighted by molar-refractivity contribution is -0.0639. The van der Waals surface area contributed by atoms with E-state index in [1.54, 1.807) is 54.6 Å². The first kappa shape index (κ1) is 45.9. The summed E-state index contributed by atoms with van der Waals surface area (Å²) in [6, 6.07) is 23.6. The maximum absolute atomic E-state index is 14.5. The maximum atomic E-state index is 14.5. The van der Waals surface area contributed by atoms with E-state index >= 15 is 0 Å². The summed E-state index contributed by atoms with van der Waals surface area (Å²) in [4.78, 5) is 93.4. The summed E-state index contributed by atoms with van der Waals surface area (Å²) in [5, 5.41) is 28.3. The first-order chi connectivity index (χ1) is 30.6. The molecule has 2 aromatic heterocycles. The first-order valence-corrected chi connectivity index (χ1v) is 18.8. The van der Waals surface area contributed by atoms with Gasteiger partial charge in [0.2, 0.25) is 11.9 Å². The Labute approximate surface area is 358 Å². The molecule has 7 N–H and O–H groups in total. The van der Waals surface area contributed by atoms with Crippen molar-refractivity contribution in [3.05, 3.63) is 164 Å². The standard InChI is InChI=1S/C31H24FN3O9.C10H12FN3O6/c32-22-16-35(27(37)23(34-22)26(33)36)28-25(44-31(40)20-14-8-3-9-15-20)24(43-30(39)19-12-6-2-7-13-19)21(42-28)17-41-29(38)18-10-4-1-5-11-18;11-4-1-14(9(19)5(13-4)8(12)18)10-7(17)6(16)3(2-15)20-10/h1-16,21,24-25,28H,17H2,(H2,33,36);1,3,6-7,10,15-17H,2H2,(H2,12,18)/t21-,24-,25?,28-;3-,6-,7-,10-/m11/s1. The summed E-state index contributed by atoms with van der Waals surface area (Å²) in [7, 11) is 0. The second-order valence-electron chi connectivity index (χ2n) is 13.7. The number of esters is 3. The largest absolute Gasteiger partial charge is 0.459 e. The number of carbonyl (C=O) groups is 5. The number of primary amides is 2. The lowest BCUT2D eigenvalue weighted by Gasteiger charge is -2.25. The van der Waals surface area contributed by atoms with Crippen molar-refractivity contribution < 1.29 is 71.8 Å². The Morgan fingerprint density at radius 2 is 1.02 bits per heavy atom. The number of nitrogens with two attached hydrogens (primary N) is 2. The number of hydrogen-bond acceptors (Lipinski definition) is 17. The highest BCUT2D eigenvalue weighted by Crippen LogP contribution is 2.35. The molecule has 7 rings (SSSR count). The van der Waals surface area contributed by atoms with E-state index in [1.165, 1.54) is 36.4 Å². The van der Waals surface area contributed by atoms with Gasteiger partial charge in [-0.2, -0.15) is 8.78 Å². The number of hydrogen-bond donors (Lipinski definition) is 5. The second-order valence-corrected chi connectivity index (χ2v) is 13.7. The molecule has 23 heteroatoms. The van der Waals surface area contributed by atoms with Gasteiger partial charge in [-0.05, 0) is 36.4 Å². The minimum Gasteiger partial charge on any atom is -0.459 e. The highest BCUT2D eigenvalue weighted by atomic mass is 19.1. The molecule has 0 bridgehead atoms. The van der Waals surface area contributed by atoms with Crippen molar-refractivity contribution in [2.75, 3.05) is 13.2 Å². The van der Waals surface area contributed by atoms with Gasteiger partial charge in [-0.3, -0.25) is 28.3 Å². The molecule has 8 atom stereocenters. The van der Waals surface area contributed by atoms with Gasteiger partial charge < -0.3 is 50.5 Å². The highest BCUT2D eigenvalue weighted by molar-refractivity contribution is 5.92. The van der Waals surface area contributed by atoms with Crippen LogP contribution in [0.4, 0.5) is 8.78 Å². The fourth-order valence-corrected chi connectivity index (χ4v) is 6.45. The molecule has 0 saturated carbocycles. The Bertz CT molecular complexity index is 2640. The van der Waals surface area contributed by atoms with Gasteiger partial charge in [0.15, 0.2) is 36.1 Å². The Balaban J connectivity index is 0.000000284. The molecule has 4 heterocycles. The molecule has 5 aromatic rings. The molecular weight excluding hydrogens is 854 g/mol. The zero-order chi connectivity index (χ0) is 46.2. The highest BCUT2D eigenvalue weighted by Gasteiger charge is 2.52. The number of benzene rings is 3. The van der Waals surface area contributed by atoms with Gasteiger partial charge in [-0.15, -0.1) is 0 Å². The number of rotatable bonds is 12. The average molecular weight is 891 g/mol. The molecule has 2 amide bonds. The van der Waals surface area contributed by atoms with Crippen LogP contribution in [-0.2, 0) is 23.7 Å². The number of aliphatic hydroxyl groups excluding tert-OH is 3. The fourth-order valence-electron chi connectivity index (χ4n) is 6.45.